The van der Waals surface area contributed by atoms with Crippen LogP contribution in [0.4, 0.5) is 0 Å². The van der Waals surface area contributed by atoms with E-state index in [1.807, 2.05) is 20.8 Å². The van der Waals surface area contributed by atoms with Crippen LogP contribution in [0, 0.1) is 0 Å². The molecule has 1 atom stereocenters. The lowest BCUT2D eigenvalue weighted by atomic mass is 10.1. The Morgan fingerprint density at radius 3 is 2.70 bits per heavy atom. The van der Waals surface area contributed by atoms with Crippen LogP contribution in [0.1, 0.15) is 62.0 Å². The van der Waals surface area contributed by atoms with Crippen LogP contribution in [-0.4, -0.2) is 34.3 Å². The molecule has 27 heavy (non-hydrogen) atoms. The maximum Gasteiger partial charge on any atom is 0.271 e. The average molecular weight is 392 g/mol. The normalized spacial score (nSPS) is 19.4. The van der Waals surface area contributed by atoms with Crippen LogP contribution in [0.5, 0.6) is 0 Å². The Morgan fingerprint density at radius 1 is 1.33 bits per heavy atom. The topological polar surface area (TPSA) is 109 Å². The number of carbonyl (C=O) groups is 3. The molecule has 0 spiro atoms. The van der Waals surface area contributed by atoms with Gasteiger partial charge in [-0.1, -0.05) is 0 Å². The van der Waals surface area contributed by atoms with Crippen LogP contribution >= 0.6 is 11.3 Å². The summed E-state index contributed by atoms with van der Waals surface area (Å²) in [6.45, 7) is 6.46. The van der Waals surface area contributed by atoms with Gasteiger partial charge in [0.15, 0.2) is 5.88 Å². The summed E-state index contributed by atoms with van der Waals surface area (Å²) in [5.74, 6) is -0.409. The molecule has 1 aliphatic heterocycles. The molecule has 0 aromatic carbocycles. The number of nitrogens with one attached hydrogen (secondary N) is 3. The summed E-state index contributed by atoms with van der Waals surface area (Å²) in [6, 6.07) is -0.704. The standard InChI is InChI=1S/C18H24N4O4S/c1-18(2,3)26-17(10-4-5-10)19-8-14-20-12(9-27-14)16(25)21-11-6-7-13(23)22-15(11)24/h9,11,19H,4-8H2,1-3H3,(H,21,25)(H,22,23,24). The largest absolute Gasteiger partial charge is 0.474 e. The quantitative estimate of drug-likeness (QED) is 0.501. The van der Waals surface area contributed by atoms with Crippen molar-refractivity contribution in [3.63, 3.8) is 0 Å². The van der Waals surface area contributed by atoms with Gasteiger partial charge in [0.05, 0.1) is 6.54 Å². The van der Waals surface area contributed by atoms with Crippen molar-refractivity contribution >= 4 is 29.1 Å². The zero-order chi connectivity index (χ0) is 19.6. The van der Waals surface area contributed by atoms with E-state index < -0.39 is 17.9 Å². The molecule has 2 fully saturated rings. The summed E-state index contributed by atoms with van der Waals surface area (Å²) < 4.78 is 5.95. The number of rotatable bonds is 6. The zero-order valence-corrected chi connectivity index (χ0v) is 16.5. The molecule has 1 saturated heterocycles. The maximum atomic E-state index is 12.3. The van der Waals surface area contributed by atoms with Gasteiger partial charge in [-0.3, -0.25) is 19.7 Å². The minimum atomic E-state index is -0.704. The Hall–Kier alpha value is -2.42. The van der Waals surface area contributed by atoms with Crippen molar-refractivity contribution < 1.29 is 19.1 Å². The van der Waals surface area contributed by atoms with Gasteiger partial charge in [0, 0.05) is 11.8 Å². The van der Waals surface area contributed by atoms with Crippen molar-refractivity contribution in [1.82, 2.24) is 20.9 Å². The molecule has 3 rings (SSSR count). The molecule has 2 heterocycles. The number of imide groups is 1. The van der Waals surface area contributed by atoms with Gasteiger partial charge >= 0.3 is 0 Å². The first-order valence-electron chi connectivity index (χ1n) is 8.95. The SMILES string of the molecule is CC(C)(C)OC(NCc1nc(C(=O)NC2CCC(=O)NC2=O)cs1)=C1CC1. The summed E-state index contributed by atoms with van der Waals surface area (Å²) in [6.07, 6.45) is 2.59. The number of ether oxygens (including phenoxy) is 1. The summed E-state index contributed by atoms with van der Waals surface area (Å²) in [5.41, 5.74) is 1.24. The Balaban J connectivity index is 1.55. The lowest BCUT2D eigenvalue weighted by Gasteiger charge is -2.24. The predicted molar refractivity (Wildman–Crippen MR) is 99.7 cm³/mol. The average Bonchev–Trinajstić information content (AvgIpc) is 3.31. The van der Waals surface area contributed by atoms with Crippen LogP contribution in [0.2, 0.25) is 0 Å². The van der Waals surface area contributed by atoms with Crippen molar-refractivity contribution in [2.45, 2.75) is 64.6 Å². The number of allylic oxidation sites excluding steroid dienone is 1. The fraction of sp³-hybridized carbons (Fsp3) is 0.556. The number of thiazole rings is 1. The molecule has 1 aromatic rings. The molecule has 1 aromatic heterocycles. The van der Waals surface area contributed by atoms with Gasteiger partial charge in [-0.25, -0.2) is 4.98 Å². The number of hydrogen-bond acceptors (Lipinski definition) is 7. The number of aromatic nitrogens is 1. The summed E-state index contributed by atoms with van der Waals surface area (Å²) in [7, 11) is 0. The van der Waals surface area contributed by atoms with E-state index in [0.717, 1.165) is 23.7 Å². The predicted octanol–water partition coefficient (Wildman–Crippen LogP) is 1.59. The van der Waals surface area contributed by atoms with Crippen LogP contribution in [-0.2, 0) is 20.9 Å². The second kappa shape index (κ2) is 7.67. The van der Waals surface area contributed by atoms with Gasteiger partial charge in [-0.15, -0.1) is 11.3 Å². The van der Waals surface area contributed by atoms with Gasteiger partial charge in [0.2, 0.25) is 11.8 Å². The van der Waals surface area contributed by atoms with Gasteiger partial charge in [-0.2, -0.15) is 0 Å². The summed E-state index contributed by atoms with van der Waals surface area (Å²) >= 11 is 1.37. The van der Waals surface area contributed by atoms with E-state index in [2.05, 4.69) is 20.9 Å². The molecule has 0 bridgehead atoms. The number of hydrogen-bond donors (Lipinski definition) is 3. The van der Waals surface area contributed by atoms with E-state index in [0.29, 0.717) is 13.0 Å². The number of nitrogens with zero attached hydrogens (tertiary/aromatic N) is 1. The molecule has 3 N–H and O–H groups in total. The van der Waals surface area contributed by atoms with Crippen molar-refractivity contribution in [2.75, 3.05) is 0 Å². The smallest absolute Gasteiger partial charge is 0.271 e. The molecule has 0 radical (unpaired) electrons. The molecule has 1 aliphatic carbocycles. The Labute approximate surface area is 161 Å². The van der Waals surface area contributed by atoms with Crippen molar-refractivity contribution in [3.05, 3.63) is 27.5 Å². The first kappa shape index (κ1) is 19.3. The molecular weight excluding hydrogens is 368 g/mol. The molecule has 2 aliphatic rings. The highest BCUT2D eigenvalue weighted by Gasteiger charge is 2.29. The van der Waals surface area contributed by atoms with Crippen LogP contribution in [0.25, 0.3) is 0 Å². The molecule has 146 valence electrons. The second-order valence-corrected chi connectivity index (χ2v) is 8.55. The van der Waals surface area contributed by atoms with E-state index in [1.54, 1.807) is 5.38 Å². The van der Waals surface area contributed by atoms with Crippen LogP contribution in [0.3, 0.4) is 0 Å². The fourth-order valence-corrected chi connectivity index (χ4v) is 3.26. The summed E-state index contributed by atoms with van der Waals surface area (Å²) in [4.78, 5) is 39.6. The highest BCUT2D eigenvalue weighted by Crippen LogP contribution is 2.33. The van der Waals surface area contributed by atoms with Crippen molar-refractivity contribution in [2.24, 2.45) is 0 Å². The molecule has 1 saturated carbocycles. The number of amides is 3. The van der Waals surface area contributed by atoms with Crippen molar-refractivity contribution in [1.29, 1.82) is 0 Å². The van der Waals surface area contributed by atoms with E-state index in [-0.39, 0.29) is 23.6 Å². The monoisotopic (exact) mass is 392 g/mol. The fourth-order valence-electron chi connectivity index (χ4n) is 2.54. The third kappa shape index (κ3) is 5.53. The van der Waals surface area contributed by atoms with Gasteiger partial charge < -0.3 is 15.4 Å². The minimum absolute atomic E-state index is 0.216. The Kier molecular flexibility index (Phi) is 5.50. The first-order valence-corrected chi connectivity index (χ1v) is 9.83. The summed E-state index contributed by atoms with van der Waals surface area (Å²) in [5, 5.41) is 10.5. The highest BCUT2D eigenvalue weighted by atomic mass is 32.1. The van der Waals surface area contributed by atoms with E-state index in [9.17, 15) is 14.4 Å². The van der Waals surface area contributed by atoms with Crippen LogP contribution in [0.15, 0.2) is 16.8 Å². The molecular formula is C18H24N4O4S. The molecule has 9 heteroatoms. The number of carbonyl (C=O) groups excluding carboxylic acids is 3. The molecule has 8 nitrogen and oxygen atoms in total. The Morgan fingerprint density at radius 2 is 2.07 bits per heavy atom. The van der Waals surface area contributed by atoms with Gasteiger partial charge in [-0.05, 0) is 45.6 Å². The van der Waals surface area contributed by atoms with Crippen LogP contribution < -0.4 is 16.0 Å². The third-order valence-electron chi connectivity index (χ3n) is 3.96. The van der Waals surface area contributed by atoms with Crippen molar-refractivity contribution in [3.8, 4) is 0 Å². The second-order valence-electron chi connectivity index (χ2n) is 7.60. The van der Waals surface area contributed by atoms with Gasteiger partial charge in [0.1, 0.15) is 22.3 Å². The third-order valence-corrected chi connectivity index (χ3v) is 4.81. The highest BCUT2D eigenvalue weighted by molar-refractivity contribution is 7.09. The van der Waals surface area contributed by atoms with E-state index in [4.69, 9.17) is 4.74 Å². The molecule has 1 unspecified atom stereocenters. The van der Waals surface area contributed by atoms with Gasteiger partial charge in [0.25, 0.3) is 5.91 Å². The maximum absolute atomic E-state index is 12.3. The number of piperidine rings is 1. The minimum Gasteiger partial charge on any atom is -0.474 e. The lowest BCUT2D eigenvalue weighted by molar-refractivity contribution is -0.134. The van der Waals surface area contributed by atoms with E-state index >= 15 is 0 Å². The lowest BCUT2D eigenvalue weighted by Crippen LogP contribution is -2.52. The Bertz CT molecular complexity index is 788. The zero-order valence-electron chi connectivity index (χ0n) is 15.7. The molecule has 3 amide bonds. The first-order chi connectivity index (χ1) is 12.7. The van der Waals surface area contributed by atoms with E-state index in [1.165, 1.54) is 16.9 Å².